The van der Waals surface area contributed by atoms with Crippen LogP contribution in [0.25, 0.3) is 10.9 Å². The Morgan fingerprint density at radius 3 is 2.48 bits per heavy atom. The molecule has 1 aromatic carbocycles. The van der Waals surface area contributed by atoms with Crippen LogP contribution in [0.3, 0.4) is 0 Å². The van der Waals surface area contributed by atoms with Crippen molar-refractivity contribution in [3.63, 3.8) is 0 Å². The molecule has 1 aromatic heterocycles. The normalized spacial score (nSPS) is 16.3. The first kappa shape index (κ1) is 18.0. The minimum Gasteiger partial charge on any atom is -0.346 e. The number of piperazine rings is 1. The number of amides is 1. The van der Waals surface area contributed by atoms with Gasteiger partial charge < -0.3 is 14.4 Å². The number of aromatic nitrogens is 1. The van der Waals surface area contributed by atoms with Gasteiger partial charge in [-0.1, -0.05) is 0 Å². The second-order valence-corrected chi connectivity index (χ2v) is 7.51. The standard InChI is InChI=1S/C20H30N4O/c1-16(2)22-11-13-24(14-12-22)20(25)18-5-6-19-17(15-18)7-8-23(19)10-9-21(3)4/h5-8,15-16H,9-14H2,1-4H3. The van der Waals surface area contributed by atoms with E-state index >= 15 is 0 Å². The van der Waals surface area contributed by atoms with E-state index in [2.05, 4.69) is 60.6 Å². The molecule has 0 aliphatic carbocycles. The molecule has 2 heterocycles. The van der Waals surface area contributed by atoms with Gasteiger partial charge >= 0.3 is 0 Å². The van der Waals surface area contributed by atoms with Crippen molar-refractivity contribution in [1.29, 1.82) is 0 Å². The first-order valence-corrected chi connectivity index (χ1v) is 9.22. The molecule has 1 aliphatic heterocycles. The van der Waals surface area contributed by atoms with E-state index in [1.165, 1.54) is 5.52 Å². The molecule has 5 nitrogen and oxygen atoms in total. The minimum atomic E-state index is 0.159. The van der Waals surface area contributed by atoms with Crippen LogP contribution in [0.1, 0.15) is 24.2 Å². The lowest BCUT2D eigenvalue weighted by Crippen LogP contribution is -2.50. The molecule has 1 saturated heterocycles. The molecular formula is C20H30N4O. The molecule has 2 aromatic rings. The Kier molecular flexibility index (Phi) is 5.45. The highest BCUT2D eigenvalue weighted by Gasteiger charge is 2.23. The average Bonchev–Trinajstić information content (AvgIpc) is 3.01. The molecule has 25 heavy (non-hydrogen) atoms. The molecule has 0 bridgehead atoms. The maximum Gasteiger partial charge on any atom is 0.253 e. The summed E-state index contributed by atoms with van der Waals surface area (Å²) < 4.78 is 2.25. The van der Waals surface area contributed by atoms with Crippen LogP contribution in [0.5, 0.6) is 0 Å². The Labute approximate surface area is 150 Å². The minimum absolute atomic E-state index is 0.159. The molecular weight excluding hydrogens is 312 g/mol. The Balaban J connectivity index is 1.70. The van der Waals surface area contributed by atoms with Crippen LogP contribution in [0.4, 0.5) is 0 Å². The number of carbonyl (C=O) groups is 1. The predicted octanol–water partition coefficient (Wildman–Crippen LogP) is 2.37. The van der Waals surface area contributed by atoms with E-state index in [-0.39, 0.29) is 5.91 Å². The summed E-state index contributed by atoms with van der Waals surface area (Å²) in [6, 6.07) is 8.77. The highest BCUT2D eigenvalue weighted by molar-refractivity contribution is 5.98. The Bertz CT molecular complexity index is 726. The molecule has 0 atom stereocenters. The highest BCUT2D eigenvalue weighted by atomic mass is 16.2. The smallest absolute Gasteiger partial charge is 0.253 e. The summed E-state index contributed by atoms with van der Waals surface area (Å²) in [5.74, 6) is 0.159. The Morgan fingerprint density at radius 2 is 1.84 bits per heavy atom. The third-order valence-corrected chi connectivity index (χ3v) is 5.14. The summed E-state index contributed by atoms with van der Waals surface area (Å²) in [4.78, 5) is 19.4. The largest absolute Gasteiger partial charge is 0.346 e. The van der Waals surface area contributed by atoms with Gasteiger partial charge in [0.2, 0.25) is 0 Å². The van der Waals surface area contributed by atoms with Crippen LogP contribution in [0.2, 0.25) is 0 Å². The monoisotopic (exact) mass is 342 g/mol. The van der Waals surface area contributed by atoms with Crippen LogP contribution >= 0.6 is 0 Å². The lowest BCUT2D eigenvalue weighted by molar-refractivity contribution is 0.0595. The topological polar surface area (TPSA) is 31.7 Å². The van der Waals surface area contributed by atoms with Crippen molar-refractivity contribution in [1.82, 2.24) is 19.3 Å². The zero-order chi connectivity index (χ0) is 18.0. The summed E-state index contributed by atoms with van der Waals surface area (Å²) in [6.07, 6.45) is 2.11. The summed E-state index contributed by atoms with van der Waals surface area (Å²) >= 11 is 0. The second-order valence-electron chi connectivity index (χ2n) is 7.51. The quantitative estimate of drug-likeness (QED) is 0.836. The van der Waals surface area contributed by atoms with Gasteiger partial charge in [0.15, 0.2) is 0 Å². The van der Waals surface area contributed by atoms with E-state index in [0.29, 0.717) is 6.04 Å². The molecule has 0 saturated carbocycles. The van der Waals surface area contributed by atoms with Gasteiger partial charge in [-0.15, -0.1) is 0 Å². The summed E-state index contributed by atoms with van der Waals surface area (Å²) in [6.45, 7) is 9.96. The lowest BCUT2D eigenvalue weighted by atomic mass is 10.1. The van der Waals surface area contributed by atoms with Gasteiger partial charge in [0.05, 0.1) is 0 Å². The third kappa shape index (κ3) is 4.05. The summed E-state index contributed by atoms with van der Waals surface area (Å²) in [7, 11) is 4.17. The van der Waals surface area contributed by atoms with E-state index in [0.717, 1.165) is 50.2 Å². The Hall–Kier alpha value is -1.85. The van der Waals surface area contributed by atoms with Gasteiger partial charge in [-0.2, -0.15) is 0 Å². The van der Waals surface area contributed by atoms with Crippen LogP contribution in [0.15, 0.2) is 30.5 Å². The fourth-order valence-corrected chi connectivity index (χ4v) is 3.46. The van der Waals surface area contributed by atoms with E-state index in [1.807, 2.05) is 17.0 Å². The molecule has 3 rings (SSSR count). The van der Waals surface area contributed by atoms with Crippen molar-refractivity contribution in [3.8, 4) is 0 Å². The number of fused-ring (bicyclic) bond motifs is 1. The van der Waals surface area contributed by atoms with E-state index < -0.39 is 0 Å². The number of hydrogen-bond donors (Lipinski definition) is 0. The maximum absolute atomic E-state index is 12.8. The lowest BCUT2D eigenvalue weighted by Gasteiger charge is -2.37. The van der Waals surface area contributed by atoms with Crippen molar-refractivity contribution in [2.75, 3.05) is 46.8 Å². The summed E-state index contributed by atoms with van der Waals surface area (Å²) in [5, 5.41) is 1.14. The van der Waals surface area contributed by atoms with Gasteiger partial charge in [-0.05, 0) is 52.2 Å². The van der Waals surface area contributed by atoms with Crippen LogP contribution in [0, 0.1) is 0 Å². The number of hydrogen-bond acceptors (Lipinski definition) is 3. The first-order valence-electron chi connectivity index (χ1n) is 9.22. The fourth-order valence-electron chi connectivity index (χ4n) is 3.46. The molecule has 1 amide bonds. The number of likely N-dealkylation sites (N-methyl/N-ethyl adjacent to an activating group) is 1. The van der Waals surface area contributed by atoms with Gasteiger partial charge in [-0.3, -0.25) is 9.69 Å². The van der Waals surface area contributed by atoms with Crippen molar-refractivity contribution >= 4 is 16.8 Å². The average molecular weight is 342 g/mol. The molecule has 1 aliphatic rings. The van der Waals surface area contributed by atoms with E-state index in [4.69, 9.17) is 0 Å². The summed E-state index contributed by atoms with van der Waals surface area (Å²) in [5.41, 5.74) is 2.00. The number of nitrogens with zero attached hydrogens (tertiary/aromatic N) is 4. The zero-order valence-electron chi connectivity index (χ0n) is 15.9. The van der Waals surface area contributed by atoms with Crippen LogP contribution < -0.4 is 0 Å². The van der Waals surface area contributed by atoms with Gasteiger partial charge in [0.1, 0.15) is 0 Å². The second kappa shape index (κ2) is 7.58. The van der Waals surface area contributed by atoms with Gasteiger partial charge in [-0.25, -0.2) is 0 Å². The third-order valence-electron chi connectivity index (χ3n) is 5.14. The molecule has 5 heteroatoms. The number of rotatable bonds is 5. The van der Waals surface area contributed by atoms with E-state index in [1.54, 1.807) is 0 Å². The molecule has 0 unspecified atom stereocenters. The zero-order valence-corrected chi connectivity index (χ0v) is 15.9. The predicted molar refractivity (Wildman–Crippen MR) is 103 cm³/mol. The molecule has 136 valence electrons. The SMILES string of the molecule is CC(C)N1CCN(C(=O)c2ccc3c(ccn3CCN(C)C)c2)CC1. The molecule has 0 N–H and O–H groups in total. The Morgan fingerprint density at radius 1 is 1.12 bits per heavy atom. The fraction of sp³-hybridized carbons (Fsp3) is 0.550. The van der Waals surface area contributed by atoms with Crippen molar-refractivity contribution in [2.45, 2.75) is 26.4 Å². The van der Waals surface area contributed by atoms with Crippen LogP contribution in [-0.4, -0.2) is 78.0 Å². The van der Waals surface area contributed by atoms with Gasteiger partial charge in [0, 0.05) is 68.0 Å². The van der Waals surface area contributed by atoms with Crippen molar-refractivity contribution < 1.29 is 4.79 Å². The first-order chi connectivity index (χ1) is 12.0. The van der Waals surface area contributed by atoms with E-state index in [9.17, 15) is 4.79 Å². The van der Waals surface area contributed by atoms with Crippen LogP contribution in [-0.2, 0) is 6.54 Å². The maximum atomic E-state index is 12.8. The molecule has 1 fully saturated rings. The number of carbonyl (C=O) groups excluding carboxylic acids is 1. The number of benzene rings is 1. The van der Waals surface area contributed by atoms with Crippen molar-refractivity contribution in [3.05, 3.63) is 36.0 Å². The van der Waals surface area contributed by atoms with Crippen molar-refractivity contribution in [2.24, 2.45) is 0 Å². The molecule has 0 radical (unpaired) electrons. The van der Waals surface area contributed by atoms with Gasteiger partial charge in [0.25, 0.3) is 5.91 Å². The molecule has 0 spiro atoms. The highest BCUT2D eigenvalue weighted by Crippen LogP contribution is 2.19.